The number of esters is 1. The first-order valence-corrected chi connectivity index (χ1v) is 9.70. The quantitative estimate of drug-likeness (QED) is 0.523. The molecule has 0 unspecified atom stereocenters. The van der Waals surface area contributed by atoms with Gasteiger partial charge in [0.05, 0.1) is 5.69 Å². The lowest BCUT2D eigenvalue weighted by Crippen LogP contribution is -2.28. The van der Waals surface area contributed by atoms with Gasteiger partial charge >= 0.3 is 5.97 Å². The van der Waals surface area contributed by atoms with Gasteiger partial charge in [0.15, 0.2) is 18.5 Å². The highest BCUT2D eigenvalue weighted by Crippen LogP contribution is 2.27. The lowest BCUT2D eigenvalue weighted by atomic mass is 10.0. The number of aromatic amines is 1. The van der Waals surface area contributed by atoms with E-state index in [1.807, 2.05) is 39.0 Å². The first kappa shape index (κ1) is 22.4. The zero-order valence-corrected chi connectivity index (χ0v) is 18.1. The van der Waals surface area contributed by atoms with Gasteiger partial charge in [-0.25, -0.2) is 4.79 Å². The third-order valence-corrected chi connectivity index (χ3v) is 4.85. The van der Waals surface area contributed by atoms with Gasteiger partial charge in [-0.15, -0.1) is 0 Å². The Morgan fingerprint density at radius 3 is 2.28 bits per heavy atom. The van der Waals surface area contributed by atoms with Crippen molar-refractivity contribution in [3.63, 3.8) is 0 Å². The Hall–Kier alpha value is -2.89. The number of carbonyl (C=O) groups is 3. The molecule has 0 spiro atoms. The summed E-state index contributed by atoms with van der Waals surface area (Å²) in [6, 6.07) is 5.86. The van der Waals surface area contributed by atoms with Crippen LogP contribution >= 0.6 is 0 Å². The van der Waals surface area contributed by atoms with Crippen molar-refractivity contribution in [3.8, 4) is 5.75 Å². The Bertz CT molecular complexity index is 939. The number of ketones is 2. The van der Waals surface area contributed by atoms with Crippen molar-refractivity contribution in [2.75, 3.05) is 6.61 Å². The minimum atomic E-state index is -0.996. The van der Waals surface area contributed by atoms with Crippen LogP contribution in [0, 0.1) is 20.8 Å². The number of H-pyrrole nitrogens is 1. The first-order chi connectivity index (χ1) is 13.5. The van der Waals surface area contributed by atoms with Crippen molar-refractivity contribution in [2.24, 2.45) is 0 Å². The lowest BCUT2D eigenvalue weighted by Gasteiger charge is -2.16. The molecule has 1 heterocycles. The van der Waals surface area contributed by atoms with Crippen LogP contribution in [0.3, 0.4) is 0 Å². The molecule has 29 heavy (non-hydrogen) atoms. The molecule has 0 radical (unpaired) electrons. The summed E-state index contributed by atoms with van der Waals surface area (Å²) in [6.45, 7) is 12.2. The summed E-state index contributed by atoms with van der Waals surface area (Å²) in [5.74, 6) is -0.248. The molecule has 1 aromatic heterocycles. The maximum Gasteiger partial charge on any atom is 0.344 e. The Morgan fingerprint density at radius 1 is 1.07 bits per heavy atom. The molecule has 0 saturated carbocycles. The second-order valence-electron chi connectivity index (χ2n) is 7.66. The van der Waals surface area contributed by atoms with Crippen molar-refractivity contribution < 1.29 is 23.9 Å². The minimum Gasteiger partial charge on any atom is -0.482 e. The highest BCUT2D eigenvalue weighted by atomic mass is 16.6. The molecule has 6 heteroatoms. The van der Waals surface area contributed by atoms with Crippen LogP contribution in [0.15, 0.2) is 18.2 Å². The number of carbonyl (C=O) groups excluding carboxylic acids is 3. The summed E-state index contributed by atoms with van der Waals surface area (Å²) < 4.78 is 10.9. The molecule has 156 valence electrons. The smallest absolute Gasteiger partial charge is 0.344 e. The average molecular weight is 399 g/mol. The Morgan fingerprint density at radius 2 is 1.72 bits per heavy atom. The molecule has 6 nitrogen and oxygen atoms in total. The third-order valence-electron chi connectivity index (χ3n) is 4.85. The fraction of sp³-hybridized carbons (Fsp3) is 0.435. The minimum absolute atomic E-state index is 0.118. The second kappa shape index (κ2) is 9.07. The Kier molecular flexibility index (Phi) is 7.01. The molecule has 1 atom stereocenters. The summed E-state index contributed by atoms with van der Waals surface area (Å²) in [5, 5.41) is 0. The van der Waals surface area contributed by atoms with Crippen LogP contribution in [0.5, 0.6) is 5.75 Å². The summed E-state index contributed by atoms with van der Waals surface area (Å²) in [5.41, 5.74) is 4.01. The number of aryl methyl sites for hydroxylation is 2. The van der Waals surface area contributed by atoms with E-state index in [9.17, 15) is 14.4 Å². The van der Waals surface area contributed by atoms with Gasteiger partial charge in [-0.3, -0.25) is 9.59 Å². The van der Waals surface area contributed by atoms with E-state index in [2.05, 4.69) is 4.98 Å². The summed E-state index contributed by atoms with van der Waals surface area (Å²) in [6.07, 6.45) is -0.996. The molecule has 0 amide bonds. The Labute approximate surface area is 171 Å². The molecule has 0 saturated heterocycles. The van der Waals surface area contributed by atoms with Crippen molar-refractivity contribution in [1.82, 2.24) is 4.98 Å². The standard InChI is InChI=1S/C23H29NO5/c1-12(2)18-9-8-13(3)10-19(18)28-11-20(26)29-17(7)23(27)22-14(4)21(16(6)25)15(5)24-22/h8-10,12,17,24H,11H2,1-7H3/t17-/m0/s1. The fourth-order valence-electron chi connectivity index (χ4n) is 3.39. The van der Waals surface area contributed by atoms with Crippen LogP contribution in [-0.4, -0.2) is 35.2 Å². The van der Waals surface area contributed by atoms with Gasteiger partial charge < -0.3 is 14.5 Å². The number of ether oxygens (including phenoxy) is 2. The van der Waals surface area contributed by atoms with Gasteiger partial charge in [0, 0.05) is 11.3 Å². The van der Waals surface area contributed by atoms with Gasteiger partial charge in [0.2, 0.25) is 5.78 Å². The molecule has 1 N–H and O–H groups in total. The van der Waals surface area contributed by atoms with Gasteiger partial charge in [-0.1, -0.05) is 26.0 Å². The molecule has 0 fully saturated rings. The zero-order chi connectivity index (χ0) is 21.9. The van der Waals surface area contributed by atoms with Crippen LogP contribution in [0.4, 0.5) is 0 Å². The maximum atomic E-state index is 12.7. The van der Waals surface area contributed by atoms with E-state index in [0.29, 0.717) is 22.6 Å². The maximum absolute atomic E-state index is 12.7. The molecule has 0 aliphatic carbocycles. The van der Waals surface area contributed by atoms with Crippen LogP contribution in [-0.2, 0) is 9.53 Å². The molecule has 1 aromatic carbocycles. The van der Waals surface area contributed by atoms with Crippen LogP contribution in [0.1, 0.15) is 76.8 Å². The summed E-state index contributed by atoms with van der Waals surface area (Å²) in [7, 11) is 0. The topological polar surface area (TPSA) is 85.5 Å². The molecule has 0 bridgehead atoms. The number of nitrogens with one attached hydrogen (secondary N) is 1. The molecule has 0 aliphatic heterocycles. The van der Waals surface area contributed by atoms with Crippen molar-refractivity contribution >= 4 is 17.5 Å². The summed E-state index contributed by atoms with van der Waals surface area (Å²) in [4.78, 5) is 39.6. The Balaban J connectivity index is 2.05. The fourth-order valence-corrected chi connectivity index (χ4v) is 3.39. The normalized spacial score (nSPS) is 12.0. The number of hydrogen-bond donors (Lipinski definition) is 1. The van der Waals surface area contributed by atoms with E-state index < -0.39 is 12.1 Å². The van der Waals surface area contributed by atoms with E-state index in [0.717, 1.165) is 11.1 Å². The van der Waals surface area contributed by atoms with E-state index >= 15 is 0 Å². The van der Waals surface area contributed by atoms with Crippen LogP contribution in [0.2, 0.25) is 0 Å². The van der Waals surface area contributed by atoms with Gasteiger partial charge in [-0.05, 0) is 63.3 Å². The van der Waals surface area contributed by atoms with Crippen molar-refractivity contribution in [2.45, 2.75) is 60.5 Å². The lowest BCUT2D eigenvalue weighted by molar-refractivity contribution is -0.148. The molecule has 0 aliphatic rings. The van der Waals surface area contributed by atoms with Crippen molar-refractivity contribution in [3.05, 3.63) is 51.8 Å². The van der Waals surface area contributed by atoms with Crippen LogP contribution in [0.25, 0.3) is 0 Å². The van der Waals surface area contributed by atoms with Gasteiger partial charge in [0.25, 0.3) is 0 Å². The predicted octanol–water partition coefficient (Wildman–Crippen LogP) is 4.46. The van der Waals surface area contributed by atoms with Crippen LogP contribution < -0.4 is 4.74 Å². The van der Waals surface area contributed by atoms with E-state index in [1.54, 1.807) is 13.8 Å². The van der Waals surface area contributed by atoms with Gasteiger partial charge in [0.1, 0.15) is 5.75 Å². The molecule has 2 rings (SSSR count). The zero-order valence-electron chi connectivity index (χ0n) is 18.1. The first-order valence-electron chi connectivity index (χ1n) is 9.70. The number of benzene rings is 1. The van der Waals surface area contributed by atoms with E-state index in [1.165, 1.54) is 13.8 Å². The average Bonchev–Trinajstić information content (AvgIpc) is 2.93. The number of rotatable bonds is 8. The van der Waals surface area contributed by atoms with Gasteiger partial charge in [-0.2, -0.15) is 0 Å². The number of hydrogen-bond acceptors (Lipinski definition) is 5. The van der Waals surface area contributed by atoms with Crippen molar-refractivity contribution in [1.29, 1.82) is 0 Å². The van der Waals surface area contributed by atoms with E-state index in [-0.39, 0.29) is 29.8 Å². The highest BCUT2D eigenvalue weighted by molar-refractivity contribution is 6.05. The SMILES string of the molecule is CC(=O)c1c(C)[nH]c(C(=O)[C@H](C)OC(=O)COc2cc(C)ccc2C(C)C)c1C. The highest BCUT2D eigenvalue weighted by Gasteiger charge is 2.26. The number of Topliss-reactive ketones (excluding diaryl/α,β-unsaturated/α-hetero) is 2. The number of aromatic nitrogens is 1. The molecular formula is C23H29NO5. The monoisotopic (exact) mass is 399 g/mol. The molecular weight excluding hydrogens is 370 g/mol. The third kappa shape index (κ3) is 5.13. The summed E-state index contributed by atoms with van der Waals surface area (Å²) >= 11 is 0. The second-order valence-corrected chi connectivity index (χ2v) is 7.66. The molecule has 2 aromatic rings. The largest absolute Gasteiger partial charge is 0.482 e. The van der Waals surface area contributed by atoms with E-state index in [4.69, 9.17) is 9.47 Å². The predicted molar refractivity (Wildman–Crippen MR) is 111 cm³/mol.